The van der Waals surface area contributed by atoms with Crippen LogP contribution in [0.15, 0.2) is 42.5 Å². The largest absolute Gasteiger partial charge is 0.422 e. The summed E-state index contributed by atoms with van der Waals surface area (Å²) in [6, 6.07) is 13.8. The number of fused-ring (bicyclic) bond motifs is 1. The summed E-state index contributed by atoms with van der Waals surface area (Å²) in [5.41, 5.74) is 0. The second kappa shape index (κ2) is 5.33. The highest BCUT2D eigenvalue weighted by molar-refractivity contribution is 7.54. The van der Waals surface area contributed by atoms with E-state index in [2.05, 4.69) is 0 Å². The van der Waals surface area contributed by atoms with Crippen LogP contribution >= 0.6 is 7.67 Å². The lowest BCUT2D eigenvalue weighted by molar-refractivity contribution is 0.354. The van der Waals surface area contributed by atoms with Crippen LogP contribution in [0.4, 0.5) is 0 Å². The van der Waals surface area contributed by atoms with Crippen LogP contribution in [0.3, 0.4) is 0 Å². The summed E-state index contributed by atoms with van der Waals surface area (Å²) in [6.45, 7) is 0. The predicted molar refractivity (Wildman–Crippen MR) is 79.6 cm³/mol. The molecule has 0 heterocycles. The van der Waals surface area contributed by atoms with Gasteiger partial charge in [0.05, 0.1) is 0 Å². The second-order valence-electron chi connectivity index (χ2n) is 4.79. The molecular formula is C14H19N2O2P. The molecule has 0 radical (unpaired) electrons. The van der Waals surface area contributed by atoms with Crippen molar-refractivity contribution in [1.82, 2.24) is 9.34 Å². The Labute approximate surface area is 114 Å². The molecular weight excluding hydrogens is 259 g/mol. The maximum atomic E-state index is 12.7. The standard InChI is InChI=1S/C14H19N2O2P/c1-15(2)19(17,16(3)4)18-14-10-9-12-7-5-6-8-13(12)11-14/h5-11H,1-4H3. The van der Waals surface area contributed by atoms with E-state index in [1.807, 2.05) is 42.5 Å². The van der Waals surface area contributed by atoms with Crippen molar-refractivity contribution in [3.05, 3.63) is 42.5 Å². The van der Waals surface area contributed by atoms with E-state index in [1.165, 1.54) is 0 Å². The lowest BCUT2D eigenvalue weighted by Gasteiger charge is -2.29. The van der Waals surface area contributed by atoms with Gasteiger partial charge < -0.3 is 4.52 Å². The molecule has 2 rings (SSSR count). The van der Waals surface area contributed by atoms with Crippen LogP contribution in [-0.2, 0) is 4.57 Å². The van der Waals surface area contributed by atoms with Crippen molar-refractivity contribution in [1.29, 1.82) is 0 Å². The van der Waals surface area contributed by atoms with Gasteiger partial charge in [-0.1, -0.05) is 30.3 Å². The van der Waals surface area contributed by atoms with Crippen molar-refractivity contribution in [2.45, 2.75) is 0 Å². The quantitative estimate of drug-likeness (QED) is 0.802. The molecule has 0 saturated heterocycles. The second-order valence-corrected chi connectivity index (χ2v) is 7.55. The fourth-order valence-electron chi connectivity index (χ4n) is 1.88. The Morgan fingerprint density at radius 2 is 1.47 bits per heavy atom. The lowest BCUT2D eigenvalue weighted by Crippen LogP contribution is -2.24. The molecule has 0 fully saturated rings. The predicted octanol–water partition coefficient (Wildman–Crippen LogP) is 3.45. The number of nitrogens with zero attached hydrogens (tertiary/aromatic N) is 2. The Morgan fingerprint density at radius 3 is 2.05 bits per heavy atom. The zero-order valence-electron chi connectivity index (χ0n) is 11.7. The van der Waals surface area contributed by atoms with E-state index in [1.54, 1.807) is 37.5 Å². The van der Waals surface area contributed by atoms with E-state index in [-0.39, 0.29) is 0 Å². The lowest BCUT2D eigenvalue weighted by atomic mass is 10.1. The minimum absolute atomic E-state index is 0.615. The van der Waals surface area contributed by atoms with Gasteiger partial charge in [0.25, 0.3) is 0 Å². The third-order valence-electron chi connectivity index (χ3n) is 2.96. The molecule has 2 aromatic carbocycles. The Bertz CT molecular complexity index is 614. The molecule has 0 aliphatic carbocycles. The topological polar surface area (TPSA) is 32.8 Å². The maximum Gasteiger partial charge on any atom is 0.394 e. The molecule has 0 amide bonds. The van der Waals surface area contributed by atoms with Crippen molar-refractivity contribution in [3.8, 4) is 5.75 Å². The van der Waals surface area contributed by atoms with Crippen molar-refractivity contribution >= 4 is 18.4 Å². The zero-order chi connectivity index (χ0) is 14.0. The molecule has 0 aliphatic heterocycles. The number of rotatable bonds is 4. The van der Waals surface area contributed by atoms with Gasteiger partial charge in [-0.25, -0.2) is 13.9 Å². The summed E-state index contributed by atoms with van der Waals surface area (Å²) in [5.74, 6) is 0.615. The Balaban J connectivity index is 2.37. The Kier molecular flexibility index (Phi) is 3.95. The van der Waals surface area contributed by atoms with E-state index in [0.29, 0.717) is 5.75 Å². The van der Waals surface area contributed by atoms with Gasteiger partial charge in [0.1, 0.15) is 5.75 Å². The molecule has 4 nitrogen and oxygen atoms in total. The van der Waals surface area contributed by atoms with Crippen LogP contribution < -0.4 is 4.52 Å². The fraction of sp³-hybridized carbons (Fsp3) is 0.286. The molecule has 0 atom stereocenters. The molecule has 0 aliphatic rings. The molecule has 0 aromatic heterocycles. The third-order valence-corrected chi connectivity index (χ3v) is 5.43. The van der Waals surface area contributed by atoms with Gasteiger partial charge in [-0.05, 0) is 51.1 Å². The van der Waals surface area contributed by atoms with Gasteiger partial charge in [-0.3, -0.25) is 0 Å². The summed E-state index contributed by atoms with van der Waals surface area (Å²) >= 11 is 0. The maximum absolute atomic E-state index is 12.7. The SMILES string of the molecule is CN(C)P(=O)(Oc1ccc2ccccc2c1)N(C)C. The molecule has 0 saturated carbocycles. The summed E-state index contributed by atoms with van der Waals surface area (Å²) in [7, 11) is 4.01. The Morgan fingerprint density at radius 1 is 0.895 bits per heavy atom. The normalized spacial score (nSPS) is 12.3. The molecule has 0 bridgehead atoms. The highest BCUT2D eigenvalue weighted by Gasteiger charge is 2.31. The number of benzene rings is 2. The first-order chi connectivity index (χ1) is 8.93. The van der Waals surface area contributed by atoms with Crippen LogP contribution in [0.25, 0.3) is 10.8 Å². The highest BCUT2D eigenvalue weighted by Crippen LogP contribution is 2.50. The molecule has 0 unspecified atom stereocenters. The van der Waals surface area contributed by atoms with Crippen LogP contribution in [0, 0.1) is 0 Å². The molecule has 19 heavy (non-hydrogen) atoms. The summed E-state index contributed by atoms with van der Waals surface area (Å²) in [4.78, 5) is 0. The van der Waals surface area contributed by atoms with E-state index in [9.17, 15) is 4.57 Å². The van der Waals surface area contributed by atoms with E-state index < -0.39 is 7.67 Å². The van der Waals surface area contributed by atoms with Crippen LogP contribution in [-0.4, -0.2) is 37.5 Å². The summed E-state index contributed by atoms with van der Waals surface area (Å²) < 4.78 is 21.7. The first-order valence-electron chi connectivity index (χ1n) is 6.07. The number of hydrogen-bond acceptors (Lipinski definition) is 2. The average Bonchev–Trinajstić information content (AvgIpc) is 2.38. The molecule has 102 valence electrons. The zero-order valence-corrected chi connectivity index (χ0v) is 12.6. The van der Waals surface area contributed by atoms with E-state index in [0.717, 1.165) is 10.8 Å². The van der Waals surface area contributed by atoms with Gasteiger partial charge in [-0.2, -0.15) is 0 Å². The van der Waals surface area contributed by atoms with Crippen molar-refractivity contribution in [2.75, 3.05) is 28.2 Å². The minimum Gasteiger partial charge on any atom is -0.422 e. The van der Waals surface area contributed by atoms with Crippen molar-refractivity contribution in [3.63, 3.8) is 0 Å². The van der Waals surface area contributed by atoms with Gasteiger partial charge in [-0.15, -0.1) is 0 Å². The first-order valence-corrected chi connectivity index (χ1v) is 7.60. The average molecular weight is 278 g/mol. The third kappa shape index (κ3) is 2.81. The van der Waals surface area contributed by atoms with Gasteiger partial charge >= 0.3 is 7.67 Å². The van der Waals surface area contributed by atoms with Crippen molar-refractivity contribution < 1.29 is 9.09 Å². The fourth-order valence-corrected chi connectivity index (χ4v) is 3.31. The highest BCUT2D eigenvalue weighted by atomic mass is 31.2. The van der Waals surface area contributed by atoms with Gasteiger partial charge in [0.15, 0.2) is 0 Å². The van der Waals surface area contributed by atoms with Crippen LogP contribution in [0.1, 0.15) is 0 Å². The number of hydrogen-bond donors (Lipinski definition) is 0. The molecule has 5 heteroatoms. The van der Waals surface area contributed by atoms with E-state index >= 15 is 0 Å². The molecule has 0 spiro atoms. The monoisotopic (exact) mass is 278 g/mol. The molecule has 2 aromatic rings. The summed E-state index contributed by atoms with van der Waals surface area (Å²) in [5, 5.41) is 2.21. The van der Waals surface area contributed by atoms with Crippen LogP contribution in [0.5, 0.6) is 5.75 Å². The smallest absolute Gasteiger partial charge is 0.394 e. The first kappa shape index (κ1) is 14.1. The molecule has 0 N–H and O–H groups in total. The van der Waals surface area contributed by atoms with Gasteiger partial charge in [0.2, 0.25) is 0 Å². The van der Waals surface area contributed by atoms with Crippen LogP contribution in [0.2, 0.25) is 0 Å². The minimum atomic E-state index is -3.00. The van der Waals surface area contributed by atoms with Gasteiger partial charge in [0, 0.05) is 0 Å². The Hall–Kier alpha value is -1.35. The van der Waals surface area contributed by atoms with E-state index in [4.69, 9.17) is 4.52 Å². The summed E-state index contributed by atoms with van der Waals surface area (Å²) in [6.07, 6.45) is 0. The van der Waals surface area contributed by atoms with Crippen molar-refractivity contribution in [2.24, 2.45) is 0 Å².